The minimum Gasteiger partial charge on any atom is -0.481 e. The minimum absolute atomic E-state index is 0.0703. The van der Waals surface area contributed by atoms with Gasteiger partial charge >= 0.3 is 5.97 Å². The van der Waals surface area contributed by atoms with Gasteiger partial charge in [-0.05, 0) is 50.4 Å². The van der Waals surface area contributed by atoms with Gasteiger partial charge in [-0.15, -0.1) is 0 Å². The van der Waals surface area contributed by atoms with Gasteiger partial charge in [0.15, 0.2) is 0 Å². The molecule has 7 atom stereocenters. The normalized spacial score (nSPS) is 51.4. The number of hydrogen-bond donors (Lipinski definition) is 4. The molecule has 26 heavy (non-hydrogen) atoms. The first kappa shape index (κ1) is 20.1. The molecule has 6 nitrogen and oxygen atoms in total. The highest BCUT2D eigenvalue weighted by atomic mass is 16.5. The lowest BCUT2D eigenvalue weighted by atomic mass is 9.43. The van der Waals surface area contributed by atoms with E-state index in [9.17, 15) is 25.2 Å². The van der Waals surface area contributed by atoms with Crippen LogP contribution in [-0.2, 0) is 9.53 Å². The third-order valence-electron chi connectivity index (χ3n) is 8.37. The van der Waals surface area contributed by atoms with E-state index in [1.807, 2.05) is 6.92 Å². The number of hydrogen-bond acceptors (Lipinski definition) is 5. The molecule has 150 valence electrons. The number of aliphatic hydroxyl groups is 3. The van der Waals surface area contributed by atoms with Gasteiger partial charge in [0.25, 0.3) is 0 Å². The average Bonchev–Trinajstić information content (AvgIpc) is 2.98. The van der Waals surface area contributed by atoms with E-state index in [1.54, 1.807) is 0 Å². The van der Waals surface area contributed by atoms with Crippen molar-refractivity contribution in [3.8, 4) is 0 Å². The highest BCUT2D eigenvalue weighted by Crippen LogP contribution is 2.67. The summed E-state index contributed by atoms with van der Waals surface area (Å²) in [4.78, 5) is 11.4. The second kappa shape index (κ2) is 6.43. The monoisotopic (exact) mass is 370 g/mol. The molecule has 1 heterocycles. The van der Waals surface area contributed by atoms with Crippen molar-refractivity contribution in [3.05, 3.63) is 0 Å². The first-order valence-corrected chi connectivity index (χ1v) is 9.91. The smallest absolute Gasteiger partial charge is 0.306 e. The van der Waals surface area contributed by atoms with Crippen LogP contribution >= 0.6 is 0 Å². The Labute approximate surface area is 155 Å². The zero-order valence-electron chi connectivity index (χ0n) is 16.2. The van der Waals surface area contributed by atoms with Gasteiger partial charge in [0.05, 0.1) is 31.3 Å². The fraction of sp³-hybridized carbons (Fsp3) is 0.950. The summed E-state index contributed by atoms with van der Waals surface area (Å²) >= 11 is 0. The zero-order chi connectivity index (χ0) is 19.4. The molecular formula is C20H34O6. The van der Waals surface area contributed by atoms with Crippen LogP contribution in [0.4, 0.5) is 0 Å². The highest BCUT2D eigenvalue weighted by Gasteiger charge is 2.68. The van der Waals surface area contributed by atoms with Crippen LogP contribution in [0.1, 0.15) is 65.7 Å². The Bertz CT molecular complexity index is 567. The molecule has 2 aliphatic carbocycles. The standard InChI is InChI=1S/C20H34O6/c1-13-4-5-14-17(2,11-21)15(23)6-7-18(14,3)20(13)9-8-19(12-22,26-20)10-16(24)25/h13-15,21-23H,4-12H2,1-3H3,(H,24,25)/t13?,14?,15-,17-,18-,19?,20+/m0/s1. The molecule has 4 N–H and O–H groups in total. The average molecular weight is 370 g/mol. The fourth-order valence-corrected chi connectivity index (χ4v) is 6.70. The van der Waals surface area contributed by atoms with Crippen LogP contribution in [0.5, 0.6) is 0 Å². The number of fused-ring (bicyclic) bond motifs is 2. The number of ether oxygens (including phenoxy) is 1. The Morgan fingerprint density at radius 3 is 2.35 bits per heavy atom. The summed E-state index contributed by atoms with van der Waals surface area (Å²) in [5.41, 5.74) is -2.40. The van der Waals surface area contributed by atoms with Crippen LogP contribution in [0, 0.1) is 22.7 Å². The van der Waals surface area contributed by atoms with Gasteiger partial charge in [0.2, 0.25) is 0 Å². The van der Waals surface area contributed by atoms with E-state index in [2.05, 4.69) is 13.8 Å². The first-order chi connectivity index (χ1) is 12.1. The number of carbonyl (C=O) groups is 1. The molecule has 3 fully saturated rings. The maximum Gasteiger partial charge on any atom is 0.306 e. The summed E-state index contributed by atoms with van der Waals surface area (Å²) in [6, 6.07) is 0. The maximum atomic E-state index is 11.4. The summed E-state index contributed by atoms with van der Waals surface area (Å²) in [5.74, 6) is -0.621. The van der Waals surface area contributed by atoms with Gasteiger partial charge in [-0.1, -0.05) is 20.8 Å². The van der Waals surface area contributed by atoms with Crippen molar-refractivity contribution in [2.45, 2.75) is 83.0 Å². The molecule has 1 saturated heterocycles. The van der Waals surface area contributed by atoms with E-state index in [-0.39, 0.29) is 36.9 Å². The van der Waals surface area contributed by atoms with Crippen molar-refractivity contribution >= 4 is 5.97 Å². The first-order valence-electron chi connectivity index (χ1n) is 9.91. The van der Waals surface area contributed by atoms with Gasteiger partial charge in [0.1, 0.15) is 5.60 Å². The fourth-order valence-electron chi connectivity index (χ4n) is 6.70. The number of aliphatic carboxylic acids is 1. The zero-order valence-corrected chi connectivity index (χ0v) is 16.2. The van der Waals surface area contributed by atoms with Crippen LogP contribution in [0.15, 0.2) is 0 Å². The molecule has 1 aliphatic heterocycles. The summed E-state index contributed by atoms with van der Waals surface area (Å²) in [7, 11) is 0. The maximum absolute atomic E-state index is 11.4. The molecule has 3 unspecified atom stereocenters. The SMILES string of the molecule is CC1CCC2[C@](C)(CO)[C@@H](O)CC[C@]2(C)[C@@]12CCC(CO)(CC(=O)O)O2. The van der Waals surface area contributed by atoms with E-state index in [0.29, 0.717) is 19.3 Å². The van der Waals surface area contributed by atoms with Crippen LogP contribution in [0.2, 0.25) is 0 Å². The third kappa shape index (κ3) is 2.56. The van der Waals surface area contributed by atoms with Crippen molar-refractivity contribution in [3.63, 3.8) is 0 Å². The molecule has 0 aromatic rings. The van der Waals surface area contributed by atoms with Gasteiger partial charge in [0, 0.05) is 10.8 Å². The molecule has 3 aliphatic rings. The molecular weight excluding hydrogens is 336 g/mol. The number of carboxylic acid groups (broad SMARTS) is 1. The molecule has 1 spiro atoms. The molecule has 2 saturated carbocycles. The van der Waals surface area contributed by atoms with E-state index in [0.717, 1.165) is 19.3 Å². The molecule has 0 radical (unpaired) electrons. The molecule has 0 amide bonds. The van der Waals surface area contributed by atoms with Crippen molar-refractivity contribution in [2.24, 2.45) is 22.7 Å². The van der Waals surface area contributed by atoms with Crippen LogP contribution in [0.25, 0.3) is 0 Å². The predicted molar refractivity (Wildman–Crippen MR) is 95.5 cm³/mol. The molecule has 0 aromatic carbocycles. The second-order valence-electron chi connectivity index (χ2n) is 9.57. The van der Waals surface area contributed by atoms with Crippen LogP contribution in [0.3, 0.4) is 0 Å². The lowest BCUT2D eigenvalue weighted by Gasteiger charge is -2.65. The van der Waals surface area contributed by atoms with Gasteiger partial charge in [-0.25, -0.2) is 0 Å². The Kier molecular flexibility index (Phi) is 4.96. The summed E-state index contributed by atoms with van der Waals surface area (Å²) in [5, 5.41) is 40.0. The lowest BCUT2D eigenvalue weighted by molar-refractivity contribution is -0.271. The minimum atomic E-state index is -1.03. The second-order valence-corrected chi connectivity index (χ2v) is 9.57. The van der Waals surface area contributed by atoms with Crippen molar-refractivity contribution < 1.29 is 30.0 Å². The number of aliphatic hydroxyl groups excluding tert-OH is 3. The van der Waals surface area contributed by atoms with Crippen LogP contribution < -0.4 is 0 Å². The van der Waals surface area contributed by atoms with Crippen molar-refractivity contribution in [1.29, 1.82) is 0 Å². The Morgan fingerprint density at radius 1 is 1.08 bits per heavy atom. The Hall–Kier alpha value is -0.690. The predicted octanol–water partition coefficient (Wildman–Crippen LogP) is 1.95. The Balaban J connectivity index is 2.02. The summed E-state index contributed by atoms with van der Waals surface area (Å²) in [6.07, 6.45) is 3.73. The van der Waals surface area contributed by atoms with Crippen LogP contribution in [-0.4, -0.2) is 56.9 Å². The number of carboxylic acids is 1. The third-order valence-corrected chi connectivity index (χ3v) is 8.37. The van der Waals surface area contributed by atoms with E-state index < -0.39 is 28.7 Å². The largest absolute Gasteiger partial charge is 0.481 e. The molecule has 6 heteroatoms. The summed E-state index contributed by atoms with van der Waals surface area (Å²) < 4.78 is 6.60. The van der Waals surface area contributed by atoms with Crippen molar-refractivity contribution in [1.82, 2.24) is 0 Å². The quantitative estimate of drug-likeness (QED) is 0.602. The van der Waals surface area contributed by atoms with Crippen molar-refractivity contribution in [2.75, 3.05) is 13.2 Å². The topological polar surface area (TPSA) is 107 Å². The lowest BCUT2D eigenvalue weighted by Crippen LogP contribution is -2.66. The highest BCUT2D eigenvalue weighted by molar-refractivity contribution is 5.68. The number of rotatable bonds is 4. The molecule has 0 aromatic heterocycles. The van der Waals surface area contributed by atoms with E-state index >= 15 is 0 Å². The van der Waals surface area contributed by atoms with E-state index in [4.69, 9.17) is 4.74 Å². The summed E-state index contributed by atoms with van der Waals surface area (Å²) in [6.45, 7) is 5.96. The molecule has 0 bridgehead atoms. The van der Waals surface area contributed by atoms with Gasteiger partial charge in [-0.2, -0.15) is 0 Å². The van der Waals surface area contributed by atoms with Gasteiger partial charge < -0.3 is 25.2 Å². The van der Waals surface area contributed by atoms with E-state index in [1.165, 1.54) is 0 Å². The molecule has 3 rings (SSSR count). The Morgan fingerprint density at radius 2 is 1.77 bits per heavy atom. The van der Waals surface area contributed by atoms with Gasteiger partial charge in [-0.3, -0.25) is 4.79 Å².